The van der Waals surface area contributed by atoms with E-state index in [0.717, 1.165) is 11.8 Å². The molecular weight excluding hydrogens is 392 g/mol. The van der Waals surface area contributed by atoms with E-state index in [9.17, 15) is 13.2 Å². The third kappa shape index (κ3) is 5.51. The molecule has 1 N–H and O–H groups in total. The first-order valence-corrected chi connectivity index (χ1v) is 10.8. The van der Waals surface area contributed by atoms with Gasteiger partial charge in [0.05, 0.1) is 38.7 Å². The zero-order valence-electron chi connectivity index (χ0n) is 17.0. The van der Waals surface area contributed by atoms with E-state index in [2.05, 4.69) is 11.9 Å². The Hall–Kier alpha value is -3.00. The lowest BCUT2D eigenvalue weighted by atomic mass is 10.1. The van der Waals surface area contributed by atoms with Gasteiger partial charge in [-0.1, -0.05) is 12.1 Å². The van der Waals surface area contributed by atoms with E-state index in [1.54, 1.807) is 44.6 Å². The molecule has 156 valence electrons. The van der Waals surface area contributed by atoms with Crippen molar-refractivity contribution >= 4 is 21.6 Å². The summed E-state index contributed by atoms with van der Waals surface area (Å²) >= 11 is 0. The molecule has 29 heavy (non-hydrogen) atoms. The minimum atomic E-state index is -3.44. The van der Waals surface area contributed by atoms with Crippen molar-refractivity contribution in [2.24, 2.45) is 0 Å². The summed E-state index contributed by atoms with van der Waals surface area (Å²) < 4.78 is 35.6. The topological polar surface area (TPSA) is 84.9 Å². The molecule has 1 atom stereocenters. The Morgan fingerprint density at radius 2 is 1.76 bits per heavy atom. The second-order valence-corrected chi connectivity index (χ2v) is 8.35. The zero-order valence-corrected chi connectivity index (χ0v) is 17.8. The molecule has 1 unspecified atom stereocenters. The molecule has 1 amide bonds. The van der Waals surface area contributed by atoms with E-state index in [0.29, 0.717) is 22.7 Å². The van der Waals surface area contributed by atoms with Crippen molar-refractivity contribution in [2.45, 2.75) is 13.0 Å². The monoisotopic (exact) mass is 418 g/mol. The molecule has 8 heteroatoms. The van der Waals surface area contributed by atoms with Crippen molar-refractivity contribution in [1.82, 2.24) is 5.32 Å². The summed E-state index contributed by atoms with van der Waals surface area (Å²) in [6.07, 6.45) is 2.63. The van der Waals surface area contributed by atoms with Crippen LogP contribution in [-0.4, -0.2) is 41.3 Å². The number of hydrogen-bond acceptors (Lipinski definition) is 5. The number of hydrogen-bond donors (Lipinski definition) is 1. The number of sulfonamides is 1. The standard InChI is InChI=1S/C21H26N2O5S/c1-6-13-23(29(5,25)26)18-10-7-16(8-11-18)21(24)22-15(2)17-9-12-19(27-3)20(14-17)28-4/h6-12,14-15H,1,13H2,2-5H3,(H,22,24). The molecule has 0 saturated carbocycles. The van der Waals surface area contributed by atoms with Crippen molar-refractivity contribution in [1.29, 1.82) is 0 Å². The Balaban J connectivity index is 2.15. The highest BCUT2D eigenvalue weighted by molar-refractivity contribution is 7.92. The van der Waals surface area contributed by atoms with Crippen LogP contribution < -0.4 is 19.1 Å². The van der Waals surface area contributed by atoms with Gasteiger partial charge >= 0.3 is 0 Å². The third-order valence-electron chi connectivity index (χ3n) is 4.37. The lowest BCUT2D eigenvalue weighted by Crippen LogP contribution is -2.30. The number of carbonyl (C=O) groups is 1. The highest BCUT2D eigenvalue weighted by Gasteiger charge is 2.17. The van der Waals surface area contributed by atoms with Gasteiger partial charge in [0.2, 0.25) is 10.0 Å². The molecule has 0 aromatic heterocycles. The molecule has 0 spiro atoms. The summed E-state index contributed by atoms with van der Waals surface area (Å²) in [5.41, 5.74) is 1.76. The van der Waals surface area contributed by atoms with Gasteiger partial charge in [-0.25, -0.2) is 8.42 Å². The van der Waals surface area contributed by atoms with Gasteiger partial charge in [0, 0.05) is 5.56 Å². The minimum absolute atomic E-state index is 0.153. The Bertz CT molecular complexity index is 971. The zero-order chi connectivity index (χ0) is 21.6. The first-order chi connectivity index (χ1) is 13.7. The molecule has 0 radical (unpaired) electrons. The lowest BCUT2D eigenvalue weighted by molar-refractivity contribution is 0.0940. The number of benzene rings is 2. The molecule has 0 bridgehead atoms. The van der Waals surface area contributed by atoms with Gasteiger partial charge in [-0.3, -0.25) is 9.10 Å². The van der Waals surface area contributed by atoms with Gasteiger partial charge < -0.3 is 14.8 Å². The fourth-order valence-electron chi connectivity index (χ4n) is 2.81. The van der Waals surface area contributed by atoms with E-state index >= 15 is 0 Å². The summed E-state index contributed by atoms with van der Waals surface area (Å²) in [6, 6.07) is 11.6. The summed E-state index contributed by atoms with van der Waals surface area (Å²) in [6.45, 7) is 5.60. The Morgan fingerprint density at radius 3 is 2.28 bits per heavy atom. The highest BCUT2D eigenvalue weighted by Crippen LogP contribution is 2.30. The number of nitrogens with one attached hydrogen (secondary N) is 1. The maximum atomic E-state index is 12.6. The largest absolute Gasteiger partial charge is 0.493 e. The third-order valence-corrected chi connectivity index (χ3v) is 5.53. The van der Waals surface area contributed by atoms with Gasteiger partial charge in [0.25, 0.3) is 5.91 Å². The van der Waals surface area contributed by atoms with E-state index in [-0.39, 0.29) is 18.5 Å². The molecule has 0 aliphatic carbocycles. The molecule has 0 saturated heterocycles. The lowest BCUT2D eigenvalue weighted by Gasteiger charge is -2.21. The number of anilines is 1. The number of methoxy groups -OCH3 is 2. The Morgan fingerprint density at radius 1 is 1.14 bits per heavy atom. The van der Waals surface area contributed by atoms with Crippen LogP contribution in [0.5, 0.6) is 11.5 Å². The Labute approximate surface area is 172 Å². The number of carbonyl (C=O) groups excluding carboxylic acids is 1. The maximum Gasteiger partial charge on any atom is 0.251 e. The normalized spacial score (nSPS) is 12.0. The van der Waals surface area contributed by atoms with Crippen molar-refractivity contribution in [3.8, 4) is 11.5 Å². The molecule has 2 rings (SSSR count). The molecule has 0 heterocycles. The summed E-state index contributed by atoms with van der Waals surface area (Å²) in [4.78, 5) is 12.6. The van der Waals surface area contributed by atoms with Gasteiger partial charge in [-0.05, 0) is 48.9 Å². The molecule has 0 aliphatic heterocycles. The minimum Gasteiger partial charge on any atom is -0.493 e. The summed E-state index contributed by atoms with van der Waals surface area (Å²) in [7, 11) is -0.325. The average molecular weight is 419 g/mol. The molecule has 2 aromatic rings. The van der Waals surface area contributed by atoms with Crippen molar-refractivity contribution in [3.63, 3.8) is 0 Å². The second kappa shape index (κ2) is 9.47. The van der Waals surface area contributed by atoms with Gasteiger partial charge in [0.1, 0.15) is 0 Å². The second-order valence-electron chi connectivity index (χ2n) is 6.44. The van der Waals surface area contributed by atoms with Crippen LogP contribution in [0, 0.1) is 0 Å². The molecule has 2 aromatic carbocycles. The molecule has 7 nitrogen and oxygen atoms in total. The van der Waals surface area contributed by atoms with E-state index in [1.807, 2.05) is 19.1 Å². The van der Waals surface area contributed by atoms with Crippen LogP contribution in [0.2, 0.25) is 0 Å². The van der Waals surface area contributed by atoms with Crippen LogP contribution in [0.25, 0.3) is 0 Å². The first kappa shape index (κ1) is 22.3. The summed E-state index contributed by atoms with van der Waals surface area (Å²) in [5, 5.41) is 2.92. The van der Waals surface area contributed by atoms with Crippen molar-refractivity contribution in [2.75, 3.05) is 31.3 Å². The first-order valence-electron chi connectivity index (χ1n) is 8.92. The van der Waals surface area contributed by atoms with Crippen LogP contribution in [0.15, 0.2) is 55.1 Å². The van der Waals surface area contributed by atoms with E-state index < -0.39 is 10.0 Å². The summed E-state index contributed by atoms with van der Waals surface area (Å²) in [5.74, 6) is 0.923. The van der Waals surface area contributed by atoms with Gasteiger partial charge in [-0.2, -0.15) is 0 Å². The smallest absolute Gasteiger partial charge is 0.251 e. The number of nitrogens with zero attached hydrogens (tertiary/aromatic N) is 1. The number of rotatable bonds is 9. The van der Waals surface area contributed by atoms with E-state index in [1.165, 1.54) is 10.4 Å². The predicted molar refractivity (Wildman–Crippen MR) is 114 cm³/mol. The fourth-order valence-corrected chi connectivity index (χ4v) is 3.69. The van der Waals surface area contributed by atoms with Gasteiger partial charge in [-0.15, -0.1) is 6.58 Å². The van der Waals surface area contributed by atoms with Crippen molar-refractivity contribution < 1.29 is 22.7 Å². The van der Waals surface area contributed by atoms with Gasteiger partial charge in [0.15, 0.2) is 11.5 Å². The van der Waals surface area contributed by atoms with Crippen LogP contribution in [0.4, 0.5) is 5.69 Å². The van der Waals surface area contributed by atoms with Crippen LogP contribution in [-0.2, 0) is 10.0 Å². The van der Waals surface area contributed by atoms with E-state index in [4.69, 9.17) is 9.47 Å². The predicted octanol–water partition coefficient (Wildman–Crippen LogP) is 3.15. The quantitative estimate of drug-likeness (QED) is 0.633. The maximum absolute atomic E-state index is 12.6. The highest BCUT2D eigenvalue weighted by atomic mass is 32.2. The fraction of sp³-hybridized carbons (Fsp3) is 0.286. The number of ether oxygens (including phenoxy) is 2. The molecule has 0 aliphatic rings. The van der Waals surface area contributed by atoms with Crippen LogP contribution in [0.1, 0.15) is 28.9 Å². The van der Waals surface area contributed by atoms with Crippen molar-refractivity contribution in [3.05, 3.63) is 66.2 Å². The SMILES string of the molecule is C=CCN(c1ccc(C(=O)NC(C)c2ccc(OC)c(OC)c2)cc1)S(C)(=O)=O. The average Bonchev–Trinajstić information content (AvgIpc) is 2.70. The molecular formula is C21H26N2O5S. The van der Waals surface area contributed by atoms with Crippen LogP contribution >= 0.6 is 0 Å². The Kier molecular flexibility index (Phi) is 7.28. The van der Waals surface area contributed by atoms with Crippen LogP contribution in [0.3, 0.4) is 0 Å². The number of amides is 1. The molecule has 0 fully saturated rings.